The lowest BCUT2D eigenvalue weighted by molar-refractivity contribution is -0.121. The van der Waals surface area contributed by atoms with Crippen molar-refractivity contribution in [1.29, 1.82) is 0 Å². The number of nitrogens with zero attached hydrogens (tertiary/aromatic N) is 2. The Kier molecular flexibility index (Phi) is 6.05. The Labute approximate surface area is 103 Å². The number of nitrogens with one attached hydrogen (secondary N) is 2. The van der Waals surface area contributed by atoms with Crippen molar-refractivity contribution in [2.75, 3.05) is 32.1 Å². The summed E-state index contributed by atoms with van der Waals surface area (Å²) in [6.07, 6.45) is 0.359. The lowest BCUT2D eigenvalue weighted by Crippen LogP contribution is -2.28. The number of carbonyl (C=O) groups is 1. The Hall–Kier alpha value is -0.920. The molecule has 0 spiro atoms. The van der Waals surface area contributed by atoms with Crippen molar-refractivity contribution in [3.05, 3.63) is 5.15 Å². The molecule has 0 saturated carbocycles. The zero-order chi connectivity index (χ0) is 11.8. The zero-order valence-electron chi connectivity index (χ0n) is 8.83. The van der Waals surface area contributed by atoms with Crippen LogP contribution in [-0.4, -0.2) is 41.5 Å². The van der Waals surface area contributed by atoms with E-state index in [2.05, 4.69) is 19.4 Å². The molecule has 6 nitrogen and oxygen atoms in total. The standard InChI is InChI=1S/C8H13ClN4O2S/c1-15-5-4-10-6(14)2-3-11-8-7(9)12-16-13-8/h2-5H2,1H3,(H,10,14)(H,11,13). The lowest BCUT2D eigenvalue weighted by atomic mass is 10.4. The monoisotopic (exact) mass is 264 g/mol. The average molecular weight is 265 g/mol. The highest BCUT2D eigenvalue weighted by molar-refractivity contribution is 6.99. The van der Waals surface area contributed by atoms with Crippen molar-refractivity contribution >= 4 is 35.1 Å². The molecule has 0 bridgehead atoms. The molecule has 8 heteroatoms. The lowest BCUT2D eigenvalue weighted by Gasteiger charge is -2.05. The van der Waals surface area contributed by atoms with E-state index >= 15 is 0 Å². The highest BCUT2D eigenvalue weighted by atomic mass is 35.5. The van der Waals surface area contributed by atoms with E-state index in [1.807, 2.05) is 0 Å². The summed E-state index contributed by atoms with van der Waals surface area (Å²) in [5.41, 5.74) is 0. The second-order valence-electron chi connectivity index (χ2n) is 2.92. The molecule has 1 heterocycles. The molecule has 1 rings (SSSR count). The number of halogens is 1. The zero-order valence-corrected chi connectivity index (χ0v) is 10.4. The van der Waals surface area contributed by atoms with E-state index in [-0.39, 0.29) is 5.91 Å². The molecule has 16 heavy (non-hydrogen) atoms. The predicted molar refractivity (Wildman–Crippen MR) is 62.9 cm³/mol. The summed E-state index contributed by atoms with van der Waals surface area (Å²) in [6.45, 7) is 1.51. The van der Waals surface area contributed by atoms with Gasteiger partial charge < -0.3 is 15.4 Å². The molecule has 1 aromatic heterocycles. The number of aromatic nitrogens is 2. The van der Waals surface area contributed by atoms with Gasteiger partial charge in [-0.15, -0.1) is 0 Å². The van der Waals surface area contributed by atoms with Gasteiger partial charge in [0.25, 0.3) is 0 Å². The van der Waals surface area contributed by atoms with E-state index in [0.29, 0.717) is 37.1 Å². The van der Waals surface area contributed by atoms with Gasteiger partial charge in [0.05, 0.1) is 18.3 Å². The second-order valence-corrected chi connectivity index (χ2v) is 3.81. The van der Waals surface area contributed by atoms with E-state index in [4.69, 9.17) is 16.3 Å². The Morgan fingerprint density at radius 3 is 2.94 bits per heavy atom. The minimum Gasteiger partial charge on any atom is -0.383 e. The van der Waals surface area contributed by atoms with Crippen LogP contribution in [0.4, 0.5) is 5.82 Å². The molecule has 0 radical (unpaired) electrons. The Bertz CT molecular complexity index is 334. The van der Waals surface area contributed by atoms with Crippen molar-refractivity contribution in [2.24, 2.45) is 0 Å². The second kappa shape index (κ2) is 7.37. The number of hydrogen-bond donors (Lipinski definition) is 2. The summed E-state index contributed by atoms with van der Waals surface area (Å²) in [4.78, 5) is 11.3. The molecule has 0 aliphatic carbocycles. The first-order chi connectivity index (χ1) is 7.74. The normalized spacial score (nSPS) is 10.1. The maximum atomic E-state index is 11.3. The minimum atomic E-state index is -0.0381. The number of ether oxygens (including phenoxy) is 1. The molecular weight excluding hydrogens is 252 g/mol. The molecule has 0 atom stereocenters. The molecule has 0 aromatic carbocycles. The molecule has 0 unspecified atom stereocenters. The van der Waals surface area contributed by atoms with Gasteiger partial charge in [0.2, 0.25) is 5.91 Å². The van der Waals surface area contributed by atoms with Crippen LogP contribution >= 0.6 is 23.3 Å². The van der Waals surface area contributed by atoms with Crippen LogP contribution in [0.2, 0.25) is 5.15 Å². The summed E-state index contributed by atoms with van der Waals surface area (Å²) in [5, 5.41) is 5.97. The van der Waals surface area contributed by atoms with E-state index in [9.17, 15) is 4.79 Å². The molecule has 0 aliphatic heterocycles. The van der Waals surface area contributed by atoms with Gasteiger partial charge in [-0.3, -0.25) is 4.79 Å². The highest BCUT2D eigenvalue weighted by Crippen LogP contribution is 2.17. The first kappa shape index (κ1) is 13.1. The largest absolute Gasteiger partial charge is 0.383 e. The summed E-state index contributed by atoms with van der Waals surface area (Å²) in [7, 11) is 1.59. The van der Waals surface area contributed by atoms with Gasteiger partial charge in [0.15, 0.2) is 11.0 Å². The average Bonchev–Trinajstić information content (AvgIpc) is 2.65. The van der Waals surface area contributed by atoms with E-state index in [1.54, 1.807) is 7.11 Å². The fraction of sp³-hybridized carbons (Fsp3) is 0.625. The maximum absolute atomic E-state index is 11.3. The summed E-state index contributed by atoms with van der Waals surface area (Å²) in [6, 6.07) is 0. The quantitative estimate of drug-likeness (QED) is 0.711. The fourth-order valence-electron chi connectivity index (χ4n) is 0.959. The van der Waals surface area contributed by atoms with Crippen LogP contribution in [-0.2, 0) is 9.53 Å². The molecule has 2 N–H and O–H groups in total. The number of anilines is 1. The van der Waals surface area contributed by atoms with Gasteiger partial charge in [-0.05, 0) is 0 Å². The van der Waals surface area contributed by atoms with Crippen LogP contribution in [0.1, 0.15) is 6.42 Å². The smallest absolute Gasteiger partial charge is 0.221 e. The van der Waals surface area contributed by atoms with Gasteiger partial charge in [-0.2, -0.15) is 8.75 Å². The predicted octanol–water partition coefficient (Wildman–Crippen LogP) is 0.756. The van der Waals surface area contributed by atoms with Gasteiger partial charge in [0.1, 0.15) is 0 Å². The van der Waals surface area contributed by atoms with Gasteiger partial charge in [-0.1, -0.05) is 11.6 Å². The van der Waals surface area contributed by atoms with Crippen molar-refractivity contribution < 1.29 is 9.53 Å². The fourth-order valence-corrected chi connectivity index (χ4v) is 1.64. The van der Waals surface area contributed by atoms with Gasteiger partial charge in [-0.25, -0.2) is 0 Å². The van der Waals surface area contributed by atoms with Crippen molar-refractivity contribution in [2.45, 2.75) is 6.42 Å². The van der Waals surface area contributed by atoms with Crippen molar-refractivity contribution in [3.63, 3.8) is 0 Å². The first-order valence-corrected chi connectivity index (χ1v) is 5.82. The Morgan fingerprint density at radius 2 is 2.31 bits per heavy atom. The highest BCUT2D eigenvalue weighted by Gasteiger charge is 2.05. The molecule has 0 saturated heterocycles. The molecule has 1 aromatic rings. The topological polar surface area (TPSA) is 76.1 Å². The summed E-state index contributed by atoms with van der Waals surface area (Å²) < 4.78 is 12.5. The van der Waals surface area contributed by atoms with Crippen LogP contribution in [0.25, 0.3) is 0 Å². The molecule has 1 amide bonds. The number of carbonyl (C=O) groups excluding carboxylic acids is 1. The SMILES string of the molecule is COCCNC(=O)CCNc1nsnc1Cl. The maximum Gasteiger partial charge on any atom is 0.221 e. The van der Waals surface area contributed by atoms with Gasteiger partial charge in [0, 0.05) is 26.6 Å². The number of rotatable bonds is 7. The summed E-state index contributed by atoms with van der Waals surface area (Å²) >= 11 is 6.75. The third kappa shape index (κ3) is 4.73. The molecule has 0 aliphatic rings. The van der Waals surface area contributed by atoms with Crippen molar-refractivity contribution in [1.82, 2.24) is 14.1 Å². The van der Waals surface area contributed by atoms with Crippen LogP contribution < -0.4 is 10.6 Å². The van der Waals surface area contributed by atoms with Crippen LogP contribution in [0.5, 0.6) is 0 Å². The third-order valence-electron chi connectivity index (χ3n) is 1.72. The van der Waals surface area contributed by atoms with Crippen LogP contribution in [0.15, 0.2) is 0 Å². The Balaban J connectivity index is 2.11. The van der Waals surface area contributed by atoms with Crippen LogP contribution in [0.3, 0.4) is 0 Å². The first-order valence-electron chi connectivity index (χ1n) is 4.71. The molecular formula is C8H13ClN4O2S. The third-order valence-corrected chi connectivity index (χ3v) is 2.61. The van der Waals surface area contributed by atoms with E-state index in [0.717, 1.165) is 11.7 Å². The Morgan fingerprint density at radius 1 is 1.50 bits per heavy atom. The minimum absolute atomic E-state index is 0.0381. The summed E-state index contributed by atoms with van der Waals surface area (Å²) in [5.74, 6) is 0.486. The van der Waals surface area contributed by atoms with Crippen molar-refractivity contribution in [3.8, 4) is 0 Å². The van der Waals surface area contributed by atoms with Crippen LogP contribution in [0, 0.1) is 0 Å². The van der Waals surface area contributed by atoms with E-state index < -0.39 is 0 Å². The number of amides is 1. The molecule has 90 valence electrons. The van der Waals surface area contributed by atoms with E-state index in [1.165, 1.54) is 0 Å². The molecule has 0 fully saturated rings. The number of hydrogen-bond acceptors (Lipinski definition) is 6. The van der Waals surface area contributed by atoms with Gasteiger partial charge >= 0.3 is 0 Å². The number of methoxy groups -OCH3 is 1.